The van der Waals surface area contributed by atoms with Crippen molar-refractivity contribution in [3.8, 4) is 5.75 Å². The molecule has 5 unspecified atom stereocenters. The van der Waals surface area contributed by atoms with E-state index in [0.717, 1.165) is 74.6 Å². The molecule has 0 spiro atoms. The summed E-state index contributed by atoms with van der Waals surface area (Å²) in [5, 5.41) is 9.85. The van der Waals surface area contributed by atoms with E-state index in [2.05, 4.69) is 33.7 Å². The van der Waals surface area contributed by atoms with Crippen LogP contribution in [0.2, 0.25) is 0 Å². The van der Waals surface area contributed by atoms with Gasteiger partial charge in [0, 0.05) is 24.9 Å². The first-order valence-electron chi connectivity index (χ1n) is 12.7. The predicted molar refractivity (Wildman–Crippen MR) is 128 cm³/mol. The van der Waals surface area contributed by atoms with Crippen molar-refractivity contribution in [3.05, 3.63) is 53.1 Å². The van der Waals surface area contributed by atoms with Crippen LogP contribution in [0, 0.1) is 5.92 Å². The molecule has 7 nitrogen and oxygen atoms in total. The molecule has 2 aromatic rings. The highest BCUT2D eigenvalue weighted by atomic mass is 19.1. The van der Waals surface area contributed by atoms with E-state index in [0.29, 0.717) is 6.04 Å². The third-order valence-electron chi connectivity index (χ3n) is 8.35. The number of hydrogen-bond acceptors (Lipinski definition) is 6. The summed E-state index contributed by atoms with van der Waals surface area (Å²) in [5.74, 6) is 1.11. The molecule has 3 aliphatic heterocycles. The van der Waals surface area contributed by atoms with Gasteiger partial charge in [0.1, 0.15) is 17.7 Å². The predicted octanol–water partition coefficient (Wildman–Crippen LogP) is 3.21. The molecule has 1 saturated carbocycles. The Morgan fingerprint density at radius 1 is 1.24 bits per heavy atom. The fraction of sp³-hybridized carbons (Fsp3) is 0.577. The standard InChI is InChI=1S/C26H34FN5O2/c1-2-15-11-18(33)3-4-19(15)20-5-6-21-24(23(20)27)30-31-25(21)26-28-12-22(29-26)16-7-9-32(10-8-16)17-13-34-14-17/h3-4,7,11-12,17,20-21,23-25,30-31,33H,2,5-6,8-10,13-14H2,1H3,(H,28,29). The van der Waals surface area contributed by atoms with Crippen LogP contribution in [0.3, 0.4) is 0 Å². The fourth-order valence-electron chi connectivity index (χ4n) is 6.26. The van der Waals surface area contributed by atoms with Gasteiger partial charge in [-0.05, 0) is 54.5 Å². The van der Waals surface area contributed by atoms with E-state index in [-0.39, 0.29) is 29.7 Å². The zero-order valence-corrected chi connectivity index (χ0v) is 19.6. The van der Waals surface area contributed by atoms with Crippen LogP contribution in [0.15, 0.2) is 30.5 Å². The van der Waals surface area contributed by atoms with Gasteiger partial charge in [-0.3, -0.25) is 10.3 Å². The number of ether oxygens (including phenoxy) is 1. The highest BCUT2D eigenvalue weighted by molar-refractivity contribution is 5.63. The van der Waals surface area contributed by atoms with Crippen LogP contribution in [-0.2, 0) is 11.2 Å². The van der Waals surface area contributed by atoms with Crippen molar-refractivity contribution in [3.63, 3.8) is 0 Å². The second-order valence-electron chi connectivity index (χ2n) is 10.2. The number of rotatable bonds is 5. The second-order valence-corrected chi connectivity index (χ2v) is 10.2. The summed E-state index contributed by atoms with van der Waals surface area (Å²) in [7, 11) is 0. The highest BCUT2D eigenvalue weighted by Gasteiger charge is 2.48. The van der Waals surface area contributed by atoms with Crippen LogP contribution in [-0.4, -0.2) is 64.5 Å². The van der Waals surface area contributed by atoms with Crippen LogP contribution in [0.4, 0.5) is 4.39 Å². The third-order valence-corrected chi connectivity index (χ3v) is 8.35. The largest absolute Gasteiger partial charge is 0.508 e. The SMILES string of the molecule is CCc1cc(O)ccc1C1CCC2C(c3ncc(C4=CCN(C5COC5)CC4)[nH]3)NNC2C1F. The number of aromatic nitrogens is 2. The third kappa shape index (κ3) is 3.86. The number of imidazole rings is 1. The summed E-state index contributed by atoms with van der Waals surface area (Å²) in [5.41, 5.74) is 11.1. The maximum Gasteiger partial charge on any atom is 0.125 e. The molecule has 1 aromatic heterocycles. The van der Waals surface area contributed by atoms with E-state index in [4.69, 9.17) is 9.72 Å². The van der Waals surface area contributed by atoms with E-state index in [1.165, 1.54) is 5.57 Å². The van der Waals surface area contributed by atoms with Crippen LogP contribution >= 0.6 is 0 Å². The number of H-pyrrole nitrogens is 1. The van der Waals surface area contributed by atoms with Crippen LogP contribution in [0.1, 0.15) is 60.8 Å². The summed E-state index contributed by atoms with van der Waals surface area (Å²) in [6.07, 6.45) is 6.73. The molecule has 4 N–H and O–H groups in total. The number of fused-ring (bicyclic) bond motifs is 1. The maximum absolute atomic E-state index is 15.8. The molecule has 5 atom stereocenters. The van der Waals surface area contributed by atoms with Crippen molar-refractivity contribution in [2.45, 2.75) is 62.8 Å². The summed E-state index contributed by atoms with van der Waals surface area (Å²) in [6, 6.07) is 5.64. The lowest BCUT2D eigenvalue weighted by Gasteiger charge is -2.38. The summed E-state index contributed by atoms with van der Waals surface area (Å²) >= 11 is 0. The average molecular weight is 468 g/mol. The van der Waals surface area contributed by atoms with E-state index in [1.54, 1.807) is 12.1 Å². The van der Waals surface area contributed by atoms with Gasteiger partial charge in [-0.25, -0.2) is 14.8 Å². The first kappa shape index (κ1) is 22.2. The molecule has 4 heterocycles. The Labute approximate surface area is 199 Å². The maximum atomic E-state index is 15.8. The first-order chi connectivity index (χ1) is 16.6. The van der Waals surface area contributed by atoms with Crippen molar-refractivity contribution in [1.82, 2.24) is 25.7 Å². The number of nitrogens with zero attached hydrogens (tertiary/aromatic N) is 2. The van der Waals surface area contributed by atoms with E-state index in [1.807, 2.05) is 12.3 Å². The molecule has 6 rings (SSSR count). The molecule has 8 heteroatoms. The number of aryl methyl sites for hydroxylation is 1. The molecule has 1 aromatic carbocycles. The number of hydrazine groups is 1. The number of aromatic amines is 1. The average Bonchev–Trinajstić information content (AvgIpc) is 3.47. The number of phenols is 1. The molecule has 4 aliphatic rings. The van der Waals surface area contributed by atoms with Crippen molar-refractivity contribution in [2.24, 2.45) is 5.92 Å². The normalized spacial score (nSPS) is 32.3. The lowest BCUT2D eigenvalue weighted by atomic mass is 9.71. The number of halogens is 1. The van der Waals surface area contributed by atoms with E-state index in [9.17, 15) is 5.11 Å². The Kier molecular flexibility index (Phi) is 5.93. The topological polar surface area (TPSA) is 85.4 Å². The molecule has 0 amide bonds. The second kappa shape index (κ2) is 9.07. The minimum absolute atomic E-state index is 0.0313. The van der Waals surface area contributed by atoms with Gasteiger partial charge < -0.3 is 14.8 Å². The monoisotopic (exact) mass is 467 g/mol. The minimum Gasteiger partial charge on any atom is -0.508 e. The van der Waals surface area contributed by atoms with Crippen molar-refractivity contribution in [1.29, 1.82) is 0 Å². The van der Waals surface area contributed by atoms with Gasteiger partial charge in [0.2, 0.25) is 0 Å². The molecule has 3 fully saturated rings. The molecule has 2 saturated heterocycles. The van der Waals surface area contributed by atoms with Gasteiger partial charge >= 0.3 is 0 Å². The van der Waals surface area contributed by atoms with Crippen molar-refractivity contribution >= 4 is 5.57 Å². The zero-order chi connectivity index (χ0) is 23.2. The fourth-order valence-corrected chi connectivity index (χ4v) is 6.26. The number of alkyl halides is 1. The Hall–Kier alpha value is -2.26. The summed E-state index contributed by atoms with van der Waals surface area (Å²) in [4.78, 5) is 10.7. The van der Waals surface area contributed by atoms with Gasteiger partial charge in [0.25, 0.3) is 0 Å². The van der Waals surface area contributed by atoms with Crippen LogP contribution < -0.4 is 10.9 Å². The molecule has 0 radical (unpaired) electrons. The Balaban J connectivity index is 1.15. The van der Waals surface area contributed by atoms with Gasteiger partial charge in [-0.1, -0.05) is 19.1 Å². The molecule has 182 valence electrons. The summed E-state index contributed by atoms with van der Waals surface area (Å²) < 4.78 is 21.1. The van der Waals surface area contributed by atoms with Gasteiger partial charge in [-0.2, -0.15) is 0 Å². The Morgan fingerprint density at radius 2 is 2.12 bits per heavy atom. The Morgan fingerprint density at radius 3 is 2.85 bits per heavy atom. The summed E-state index contributed by atoms with van der Waals surface area (Å²) in [6.45, 7) is 5.75. The van der Waals surface area contributed by atoms with Crippen molar-refractivity contribution in [2.75, 3.05) is 26.3 Å². The molecular weight excluding hydrogens is 433 g/mol. The number of aromatic hydroxyl groups is 1. The number of phenolic OH excluding ortho intramolecular Hbond substituents is 1. The minimum atomic E-state index is -0.997. The van der Waals surface area contributed by atoms with Gasteiger partial charge in [0.05, 0.1) is 43.2 Å². The van der Waals surface area contributed by atoms with Crippen LogP contribution in [0.25, 0.3) is 5.57 Å². The molecule has 1 aliphatic carbocycles. The van der Waals surface area contributed by atoms with Gasteiger partial charge in [0.15, 0.2) is 0 Å². The van der Waals surface area contributed by atoms with E-state index < -0.39 is 6.17 Å². The number of nitrogens with one attached hydrogen (secondary N) is 3. The molecule has 34 heavy (non-hydrogen) atoms. The number of hydrogen-bond donors (Lipinski definition) is 4. The Bertz CT molecular complexity index is 1070. The lowest BCUT2D eigenvalue weighted by Crippen LogP contribution is -2.50. The molecule has 0 bridgehead atoms. The van der Waals surface area contributed by atoms with Crippen LogP contribution in [0.5, 0.6) is 5.75 Å². The zero-order valence-electron chi connectivity index (χ0n) is 19.6. The van der Waals surface area contributed by atoms with E-state index >= 15 is 4.39 Å². The first-order valence-corrected chi connectivity index (χ1v) is 12.7. The molecular formula is C26H34FN5O2. The van der Waals surface area contributed by atoms with Crippen molar-refractivity contribution < 1.29 is 14.2 Å². The number of benzene rings is 1. The highest BCUT2D eigenvalue weighted by Crippen LogP contribution is 2.45. The lowest BCUT2D eigenvalue weighted by molar-refractivity contribution is -0.0612. The van der Waals surface area contributed by atoms with Gasteiger partial charge in [-0.15, -0.1) is 0 Å². The quantitative estimate of drug-likeness (QED) is 0.540. The smallest absolute Gasteiger partial charge is 0.125 e.